The van der Waals surface area contributed by atoms with Gasteiger partial charge in [-0.15, -0.1) is 0 Å². The second-order valence-electron chi connectivity index (χ2n) is 3.78. The second kappa shape index (κ2) is 9.01. The number of ether oxygens (including phenoxy) is 1. The minimum atomic E-state index is 0.500. The number of benzene rings is 1. The van der Waals surface area contributed by atoms with Gasteiger partial charge in [-0.3, -0.25) is 5.43 Å². The van der Waals surface area contributed by atoms with Crippen LogP contribution in [0, 0.1) is 0 Å². The summed E-state index contributed by atoms with van der Waals surface area (Å²) in [5.74, 6) is 0. The van der Waals surface area contributed by atoms with Crippen LogP contribution in [0.25, 0.3) is 0 Å². The summed E-state index contributed by atoms with van der Waals surface area (Å²) in [6.45, 7) is 3.33. The fraction of sp³-hybridized carbons (Fsp3) is 0.385. The Morgan fingerprint density at radius 1 is 1.37 bits per heavy atom. The normalized spacial score (nSPS) is 11.2. The largest absolute Gasteiger partial charge is 0.383 e. The maximum Gasteiger partial charge on any atom is 0.187 e. The molecule has 0 amide bonds. The average Bonchev–Trinajstić information content (AvgIpc) is 2.41. The number of hydrazone groups is 1. The summed E-state index contributed by atoms with van der Waals surface area (Å²) >= 11 is 8.53. The summed E-state index contributed by atoms with van der Waals surface area (Å²) in [6, 6.07) is 8.04. The van der Waals surface area contributed by atoms with Crippen molar-refractivity contribution in [2.24, 2.45) is 5.10 Å². The number of methoxy groups -OCH3 is 1. The minimum absolute atomic E-state index is 0.500. The smallest absolute Gasteiger partial charge is 0.187 e. The molecule has 1 aromatic carbocycles. The summed E-state index contributed by atoms with van der Waals surface area (Å²) in [5, 5.41) is 7.83. The minimum Gasteiger partial charge on any atom is -0.383 e. The molecule has 2 N–H and O–H groups in total. The highest BCUT2D eigenvalue weighted by atomic mass is 79.9. The molecule has 0 aromatic heterocycles. The molecule has 1 rings (SSSR count). The molecular weight excluding hydrogens is 326 g/mol. The average molecular weight is 344 g/mol. The number of halogens is 1. The predicted octanol–water partition coefficient (Wildman–Crippen LogP) is 2.67. The van der Waals surface area contributed by atoms with Crippen molar-refractivity contribution in [3.8, 4) is 0 Å². The number of hydrogen-bond acceptors (Lipinski definition) is 3. The number of rotatable bonds is 6. The Morgan fingerprint density at radius 2 is 2.05 bits per heavy atom. The molecule has 0 radical (unpaired) electrons. The van der Waals surface area contributed by atoms with Gasteiger partial charge in [-0.2, -0.15) is 5.10 Å². The maximum absolute atomic E-state index is 5.11. The molecule has 0 aliphatic carbocycles. The molecule has 0 heterocycles. The van der Waals surface area contributed by atoms with Crippen molar-refractivity contribution < 1.29 is 4.74 Å². The Balaban J connectivity index is 2.57. The van der Waals surface area contributed by atoms with Crippen molar-refractivity contribution in [1.29, 1.82) is 0 Å². The van der Waals surface area contributed by atoms with E-state index >= 15 is 0 Å². The summed E-state index contributed by atoms with van der Waals surface area (Å²) in [4.78, 5) is 0. The van der Waals surface area contributed by atoms with Crippen LogP contribution in [-0.4, -0.2) is 31.1 Å². The van der Waals surface area contributed by atoms with Gasteiger partial charge in [0, 0.05) is 18.1 Å². The Bertz CT molecular complexity index is 434. The number of nitrogens with zero attached hydrogens (tertiary/aromatic N) is 1. The first-order valence-electron chi connectivity index (χ1n) is 6.02. The standard InChI is InChI=1S/C13H18BrN3OS/c1-3-12(10-4-6-11(14)7-5-10)16-17-13(19)15-8-9-18-2/h4-7H,3,8-9H2,1-2H3,(H2,15,17,19)/b16-12-. The molecule has 0 atom stereocenters. The lowest BCUT2D eigenvalue weighted by Crippen LogP contribution is -2.34. The molecule has 0 aliphatic rings. The first-order chi connectivity index (χ1) is 9.17. The molecule has 19 heavy (non-hydrogen) atoms. The van der Waals surface area contributed by atoms with Gasteiger partial charge < -0.3 is 10.1 Å². The fourth-order valence-electron chi connectivity index (χ4n) is 1.41. The van der Waals surface area contributed by atoms with Crippen LogP contribution in [-0.2, 0) is 4.74 Å². The van der Waals surface area contributed by atoms with E-state index in [0.717, 1.165) is 22.2 Å². The molecule has 0 fully saturated rings. The fourth-order valence-corrected chi connectivity index (χ4v) is 1.83. The van der Waals surface area contributed by atoms with E-state index < -0.39 is 0 Å². The van der Waals surface area contributed by atoms with Crippen molar-refractivity contribution in [3.05, 3.63) is 34.3 Å². The van der Waals surface area contributed by atoms with Crippen molar-refractivity contribution in [3.63, 3.8) is 0 Å². The highest BCUT2D eigenvalue weighted by Crippen LogP contribution is 2.12. The Kier molecular flexibility index (Phi) is 7.62. The third-order valence-electron chi connectivity index (χ3n) is 2.40. The first-order valence-corrected chi connectivity index (χ1v) is 7.22. The van der Waals surface area contributed by atoms with E-state index in [0.29, 0.717) is 18.3 Å². The van der Waals surface area contributed by atoms with Crippen LogP contribution in [0.4, 0.5) is 0 Å². The van der Waals surface area contributed by atoms with Gasteiger partial charge in [-0.25, -0.2) is 0 Å². The molecule has 4 nitrogen and oxygen atoms in total. The van der Waals surface area contributed by atoms with Gasteiger partial charge in [0.1, 0.15) is 0 Å². The third-order valence-corrected chi connectivity index (χ3v) is 3.16. The topological polar surface area (TPSA) is 45.7 Å². The van der Waals surface area contributed by atoms with Crippen LogP contribution in [0.5, 0.6) is 0 Å². The van der Waals surface area contributed by atoms with E-state index in [9.17, 15) is 0 Å². The highest BCUT2D eigenvalue weighted by molar-refractivity contribution is 9.10. The zero-order chi connectivity index (χ0) is 14.1. The molecule has 0 saturated heterocycles. The van der Waals surface area contributed by atoms with Gasteiger partial charge >= 0.3 is 0 Å². The molecular formula is C13H18BrN3OS. The van der Waals surface area contributed by atoms with E-state index in [2.05, 4.69) is 38.7 Å². The van der Waals surface area contributed by atoms with Gasteiger partial charge in [0.05, 0.1) is 12.3 Å². The van der Waals surface area contributed by atoms with Crippen LogP contribution in [0.1, 0.15) is 18.9 Å². The number of thiocarbonyl (C=S) groups is 1. The molecule has 6 heteroatoms. The van der Waals surface area contributed by atoms with Crippen molar-refractivity contribution in [2.75, 3.05) is 20.3 Å². The summed E-state index contributed by atoms with van der Waals surface area (Å²) in [6.07, 6.45) is 0.829. The van der Waals surface area contributed by atoms with E-state index in [4.69, 9.17) is 17.0 Å². The molecule has 0 saturated carbocycles. The number of hydrogen-bond donors (Lipinski definition) is 2. The van der Waals surface area contributed by atoms with E-state index in [-0.39, 0.29) is 0 Å². The lowest BCUT2D eigenvalue weighted by atomic mass is 10.1. The Morgan fingerprint density at radius 3 is 2.63 bits per heavy atom. The zero-order valence-corrected chi connectivity index (χ0v) is 13.5. The molecule has 0 spiro atoms. The maximum atomic E-state index is 5.11. The first kappa shape index (κ1) is 16.1. The van der Waals surface area contributed by atoms with Crippen molar-refractivity contribution in [2.45, 2.75) is 13.3 Å². The monoisotopic (exact) mass is 343 g/mol. The quantitative estimate of drug-likeness (QED) is 0.361. The lowest BCUT2D eigenvalue weighted by Gasteiger charge is -2.08. The second-order valence-corrected chi connectivity index (χ2v) is 5.10. The van der Waals surface area contributed by atoms with Gasteiger partial charge in [0.15, 0.2) is 5.11 Å². The lowest BCUT2D eigenvalue weighted by molar-refractivity contribution is 0.204. The predicted molar refractivity (Wildman–Crippen MR) is 86.6 cm³/mol. The molecule has 0 unspecified atom stereocenters. The van der Waals surface area contributed by atoms with Crippen LogP contribution in [0.2, 0.25) is 0 Å². The van der Waals surface area contributed by atoms with Crippen LogP contribution in [0.15, 0.2) is 33.8 Å². The summed E-state index contributed by atoms with van der Waals surface area (Å²) < 4.78 is 5.98. The molecule has 104 valence electrons. The van der Waals surface area contributed by atoms with Crippen LogP contribution >= 0.6 is 28.1 Å². The zero-order valence-electron chi connectivity index (χ0n) is 11.1. The van der Waals surface area contributed by atoms with E-state index in [1.54, 1.807) is 7.11 Å². The van der Waals surface area contributed by atoms with Gasteiger partial charge in [-0.1, -0.05) is 35.0 Å². The van der Waals surface area contributed by atoms with Crippen LogP contribution in [0.3, 0.4) is 0 Å². The van der Waals surface area contributed by atoms with Gasteiger partial charge in [0.25, 0.3) is 0 Å². The summed E-state index contributed by atoms with van der Waals surface area (Å²) in [7, 11) is 1.65. The van der Waals surface area contributed by atoms with Crippen molar-refractivity contribution >= 4 is 39.0 Å². The number of nitrogens with one attached hydrogen (secondary N) is 2. The molecule has 0 aliphatic heterocycles. The Hall–Kier alpha value is -0.980. The SMILES string of the molecule is CC/C(=N/NC(=S)NCCOC)c1ccc(Br)cc1. The van der Waals surface area contributed by atoms with Crippen molar-refractivity contribution in [1.82, 2.24) is 10.7 Å². The molecule has 1 aromatic rings. The highest BCUT2D eigenvalue weighted by Gasteiger charge is 2.01. The summed E-state index contributed by atoms with van der Waals surface area (Å²) in [5.41, 5.74) is 4.89. The van der Waals surface area contributed by atoms with E-state index in [1.807, 2.05) is 24.3 Å². The third kappa shape index (κ3) is 6.13. The van der Waals surface area contributed by atoms with Gasteiger partial charge in [0.2, 0.25) is 0 Å². The van der Waals surface area contributed by atoms with Crippen LogP contribution < -0.4 is 10.7 Å². The van der Waals surface area contributed by atoms with E-state index in [1.165, 1.54) is 0 Å². The Labute approximate surface area is 127 Å². The van der Waals surface area contributed by atoms with Gasteiger partial charge in [-0.05, 0) is 36.3 Å². The molecule has 0 bridgehead atoms.